The SMILES string of the molecule is C[C@@H]1CCc2sc(C(=O)NNC(=O)/C=C/c3cccc(C(F)(F)F)c3)cc2C1. The van der Waals surface area contributed by atoms with E-state index < -0.39 is 23.6 Å². The van der Waals surface area contributed by atoms with Gasteiger partial charge in [0.05, 0.1) is 10.4 Å². The molecule has 2 N–H and O–H groups in total. The molecule has 0 radical (unpaired) electrons. The maximum atomic E-state index is 12.7. The van der Waals surface area contributed by atoms with Crippen LogP contribution in [0.1, 0.15) is 44.6 Å². The number of nitrogens with one attached hydrogen (secondary N) is 2. The molecule has 0 aliphatic heterocycles. The topological polar surface area (TPSA) is 58.2 Å². The predicted molar refractivity (Wildman–Crippen MR) is 102 cm³/mol. The number of aryl methyl sites for hydroxylation is 1. The van der Waals surface area contributed by atoms with Crippen molar-refractivity contribution in [2.24, 2.45) is 5.92 Å². The molecule has 1 aromatic carbocycles. The van der Waals surface area contributed by atoms with E-state index in [9.17, 15) is 22.8 Å². The second kappa shape index (κ2) is 8.18. The lowest BCUT2D eigenvalue weighted by atomic mass is 9.90. The van der Waals surface area contributed by atoms with Crippen LogP contribution in [0.2, 0.25) is 0 Å². The van der Waals surface area contributed by atoms with Crippen LogP contribution in [0.15, 0.2) is 36.4 Å². The van der Waals surface area contributed by atoms with Gasteiger partial charge in [0.25, 0.3) is 11.8 Å². The summed E-state index contributed by atoms with van der Waals surface area (Å²) in [7, 11) is 0. The van der Waals surface area contributed by atoms with E-state index >= 15 is 0 Å². The summed E-state index contributed by atoms with van der Waals surface area (Å²) < 4.78 is 38.1. The van der Waals surface area contributed by atoms with Crippen LogP contribution in [0.3, 0.4) is 0 Å². The number of benzene rings is 1. The molecular formula is C20H19F3N2O2S. The fourth-order valence-electron chi connectivity index (χ4n) is 3.03. The number of hydrazine groups is 1. The summed E-state index contributed by atoms with van der Waals surface area (Å²) in [5.41, 5.74) is 5.20. The first-order valence-corrected chi connectivity index (χ1v) is 9.61. The van der Waals surface area contributed by atoms with Crippen LogP contribution < -0.4 is 10.9 Å². The van der Waals surface area contributed by atoms with E-state index in [1.165, 1.54) is 40.0 Å². The van der Waals surface area contributed by atoms with Crippen molar-refractivity contribution in [2.75, 3.05) is 0 Å². The Kier molecular flexibility index (Phi) is 5.88. The fraction of sp³-hybridized carbons (Fsp3) is 0.300. The molecule has 0 fully saturated rings. The lowest BCUT2D eigenvalue weighted by molar-refractivity contribution is -0.137. The summed E-state index contributed by atoms with van der Waals surface area (Å²) in [5.74, 6) is -0.452. The van der Waals surface area contributed by atoms with Gasteiger partial charge in [-0.05, 0) is 60.6 Å². The van der Waals surface area contributed by atoms with E-state index in [4.69, 9.17) is 0 Å². The number of carbonyl (C=O) groups is 2. The maximum Gasteiger partial charge on any atom is 0.416 e. The first-order chi connectivity index (χ1) is 13.2. The Morgan fingerprint density at radius 2 is 2.00 bits per heavy atom. The molecule has 4 nitrogen and oxygen atoms in total. The summed E-state index contributed by atoms with van der Waals surface area (Å²) in [6.45, 7) is 2.18. The Bertz CT molecular complexity index is 918. The quantitative estimate of drug-likeness (QED) is 0.586. The number of rotatable bonds is 3. The average molecular weight is 408 g/mol. The molecule has 2 amide bonds. The number of halogens is 3. The molecule has 1 aliphatic rings. The second-order valence-electron chi connectivity index (χ2n) is 6.81. The normalized spacial score (nSPS) is 16.6. The number of amides is 2. The Balaban J connectivity index is 1.56. The lowest BCUT2D eigenvalue weighted by Gasteiger charge is -2.16. The van der Waals surface area contributed by atoms with Crippen LogP contribution in [0.5, 0.6) is 0 Å². The summed E-state index contributed by atoms with van der Waals surface area (Å²) in [5, 5.41) is 0. The van der Waals surface area contributed by atoms with E-state index in [-0.39, 0.29) is 5.56 Å². The van der Waals surface area contributed by atoms with Crippen molar-refractivity contribution >= 4 is 29.2 Å². The first kappa shape index (κ1) is 20.1. The zero-order valence-corrected chi connectivity index (χ0v) is 15.9. The highest BCUT2D eigenvalue weighted by molar-refractivity contribution is 7.14. The Labute approximate surface area is 164 Å². The second-order valence-corrected chi connectivity index (χ2v) is 7.94. The van der Waals surface area contributed by atoms with Crippen molar-refractivity contribution in [2.45, 2.75) is 32.4 Å². The summed E-state index contributed by atoms with van der Waals surface area (Å²) in [6, 6.07) is 6.48. The van der Waals surface area contributed by atoms with E-state index in [1.807, 2.05) is 6.07 Å². The molecule has 3 rings (SSSR count). The van der Waals surface area contributed by atoms with Gasteiger partial charge in [0.1, 0.15) is 0 Å². The molecule has 0 saturated carbocycles. The van der Waals surface area contributed by atoms with Gasteiger partial charge in [-0.3, -0.25) is 20.4 Å². The summed E-state index contributed by atoms with van der Waals surface area (Å²) in [6.07, 6.45) is 0.883. The fourth-order valence-corrected chi connectivity index (χ4v) is 4.13. The highest BCUT2D eigenvalue weighted by Crippen LogP contribution is 2.32. The van der Waals surface area contributed by atoms with Gasteiger partial charge in [-0.15, -0.1) is 11.3 Å². The van der Waals surface area contributed by atoms with Crippen LogP contribution in [0.25, 0.3) is 6.08 Å². The molecule has 0 unspecified atom stereocenters. The monoisotopic (exact) mass is 408 g/mol. The van der Waals surface area contributed by atoms with Crippen LogP contribution in [0.4, 0.5) is 13.2 Å². The van der Waals surface area contributed by atoms with Crippen molar-refractivity contribution in [1.29, 1.82) is 0 Å². The molecule has 148 valence electrons. The molecule has 0 saturated heterocycles. The molecule has 1 aromatic heterocycles. The van der Waals surface area contributed by atoms with Gasteiger partial charge in [-0.1, -0.05) is 19.1 Å². The zero-order chi connectivity index (χ0) is 20.3. The Hall–Kier alpha value is -2.61. The molecule has 0 bridgehead atoms. The minimum atomic E-state index is -4.45. The van der Waals surface area contributed by atoms with Gasteiger partial charge in [0, 0.05) is 11.0 Å². The third-order valence-corrected chi connectivity index (χ3v) is 5.73. The number of thiophene rings is 1. The lowest BCUT2D eigenvalue weighted by Crippen LogP contribution is -2.40. The van der Waals surface area contributed by atoms with Crippen LogP contribution >= 0.6 is 11.3 Å². The highest BCUT2D eigenvalue weighted by Gasteiger charge is 2.30. The smallest absolute Gasteiger partial charge is 0.268 e. The first-order valence-electron chi connectivity index (χ1n) is 8.79. The van der Waals surface area contributed by atoms with Crippen LogP contribution in [0, 0.1) is 5.92 Å². The van der Waals surface area contributed by atoms with Crippen molar-refractivity contribution in [3.05, 3.63) is 62.9 Å². The van der Waals surface area contributed by atoms with Crippen molar-refractivity contribution in [3.63, 3.8) is 0 Å². The summed E-state index contributed by atoms with van der Waals surface area (Å²) in [4.78, 5) is 25.8. The number of hydrogen-bond acceptors (Lipinski definition) is 3. The minimum absolute atomic E-state index is 0.233. The average Bonchev–Trinajstić information content (AvgIpc) is 3.07. The van der Waals surface area contributed by atoms with Gasteiger partial charge in [0.15, 0.2) is 0 Å². The minimum Gasteiger partial charge on any atom is -0.268 e. The van der Waals surface area contributed by atoms with Crippen LogP contribution in [-0.2, 0) is 23.8 Å². The molecule has 1 heterocycles. The largest absolute Gasteiger partial charge is 0.416 e. The van der Waals surface area contributed by atoms with E-state index in [1.54, 1.807) is 0 Å². The maximum absolute atomic E-state index is 12.7. The molecule has 1 aliphatic carbocycles. The van der Waals surface area contributed by atoms with Gasteiger partial charge >= 0.3 is 6.18 Å². The highest BCUT2D eigenvalue weighted by atomic mass is 32.1. The van der Waals surface area contributed by atoms with Gasteiger partial charge < -0.3 is 0 Å². The molecule has 8 heteroatoms. The van der Waals surface area contributed by atoms with Crippen molar-refractivity contribution < 1.29 is 22.8 Å². The summed E-state index contributed by atoms with van der Waals surface area (Å²) >= 11 is 1.42. The number of fused-ring (bicyclic) bond motifs is 1. The zero-order valence-electron chi connectivity index (χ0n) is 15.1. The van der Waals surface area contributed by atoms with E-state index in [2.05, 4.69) is 17.8 Å². The third kappa shape index (κ3) is 5.01. The van der Waals surface area contributed by atoms with Gasteiger partial charge in [0.2, 0.25) is 0 Å². The Morgan fingerprint density at radius 1 is 1.21 bits per heavy atom. The molecular weight excluding hydrogens is 389 g/mol. The predicted octanol–water partition coefficient (Wildman–Crippen LogP) is 4.37. The number of alkyl halides is 3. The van der Waals surface area contributed by atoms with Crippen molar-refractivity contribution in [3.8, 4) is 0 Å². The van der Waals surface area contributed by atoms with Gasteiger partial charge in [-0.2, -0.15) is 13.2 Å². The standard InChI is InChI=1S/C20H19F3N2O2S/c1-12-5-7-16-14(9-12)11-17(28-16)19(27)25-24-18(26)8-6-13-3-2-4-15(10-13)20(21,22)23/h2-4,6,8,10-12H,5,7,9H2,1H3,(H,24,26)(H,25,27)/b8-6+/t12-/m1/s1. The number of carbonyl (C=O) groups excluding carboxylic acids is 2. The molecule has 0 spiro atoms. The van der Waals surface area contributed by atoms with Crippen molar-refractivity contribution in [1.82, 2.24) is 10.9 Å². The van der Waals surface area contributed by atoms with E-state index in [0.717, 1.165) is 37.5 Å². The van der Waals surface area contributed by atoms with E-state index in [0.29, 0.717) is 10.8 Å². The van der Waals surface area contributed by atoms with Gasteiger partial charge in [-0.25, -0.2) is 0 Å². The molecule has 1 atom stereocenters. The Morgan fingerprint density at radius 3 is 2.75 bits per heavy atom. The number of hydrogen-bond donors (Lipinski definition) is 2. The third-order valence-electron chi connectivity index (χ3n) is 4.49. The molecule has 28 heavy (non-hydrogen) atoms. The van der Waals surface area contributed by atoms with Crippen LogP contribution in [-0.4, -0.2) is 11.8 Å². The molecule has 2 aromatic rings.